The van der Waals surface area contributed by atoms with Crippen LogP contribution in [-0.2, 0) is 11.4 Å². The van der Waals surface area contributed by atoms with Gasteiger partial charge in [0.25, 0.3) is 0 Å². The van der Waals surface area contributed by atoms with Crippen LogP contribution in [0.1, 0.15) is 31.0 Å². The van der Waals surface area contributed by atoms with Crippen molar-refractivity contribution in [2.75, 3.05) is 7.11 Å². The Morgan fingerprint density at radius 1 is 1.47 bits per heavy atom. The van der Waals surface area contributed by atoms with Gasteiger partial charge in [0.15, 0.2) is 0 Å². The van der Waals surface area contributed by atoms with Crippen LogP contribution < -0.4 is 16.2 Å². The number of hydrogen-bond acceptors (Lipinski definition) is 4. The van der Waals surface area contributed by atoms with Crippen molar-refractivity contribution in [3.8, 4) is 5.75 Å². The molecule has 1 unspecified atom stereocenters. The number of amidine groups is 1. The number of oxime groups is 1. The van der Waals surface area contributed by atoms with Crippen molar-refractivity contribution in [2.45, 2.75) is 26.5 Å². The maximum atomic E-state index is 5.87. The van der Waals surface area contributed by atoms with E-state index in [0.29, 0.717) is 12.4 Å². The van der Waals surface area contributed by atoms with E-state index in [-0.39, 0.29) is 6.04 Å². The minimum absolute atomic E-state index is 0.0929. The molecular formula is C12H19N3O2. The lowest BCUT2D eigenvalue weighted by atomic mass is 10.0. The number of benzene rings is 1. The molecule has 1 aromatic rings. The third-order valence-electron chi connectivity index (χ3n) is 2.22. The quantitative estimate of drug-likeness (QED) is 0.462. The van der Waals surface area contributed by atoms with Crippen LogP contribution in [-0.4, -0.2) is 12.9 Å². The smallest absolute Gasteiger partial charge is 0.142 e. The van der Waals surface area contributed by atoms with Gasteiger partial charge in [-0.05, 0) is 31.5 Å². The van der Waals surface area contributed by atoms with Crippen LogP contribution in [0, 0.1) is 0 Å². The van der Waals surface area contributed by atoms with Gasteiger partial charge in [-0.3, -0.25) is 0 Å². The Balaban J connectivity index is 2.81. The zero-order valence-electron chi connectivity index (χ0n) is 10.4. The van der Waals surface area contributed by atoms with Crippen molar-refractivity contribution in [3.63, 3.8) is 0 Å². The second-order valence-corrected chi connectivity index (χ2v) is 3.87. The Kier molecular flexibility index (Phi) is 4.78. The highest BCUT2D eigenvalue weighted by atomic mass is 16.6. The molecule has 0 saturated heterocycles. The predicted molar refractivity (Wildman–Crippen MR) is 67.7 cm³/mol. The van der Waals surface area contributed by atoms with Crippen molar-refractivity contribution < 1.29 is 9.57 Å². The lowest BCUT2D eigenvalue weighted by Gasteiger charge is -2.13. The topological polar surface area (TPSA) is 82.9 Å². The molecule has 1 rings (SSSR count). The average molecular weight is 237 g/mol. The van der Waals surface area contributed by atoms with E-state index in [0.717, 1.165) is 16.9 Å². The number of nitrogens with two attached hydrogens (primary N) is 2. The Bertz CT molecular complexity index is 399. The van der Waals surface area contributed by atoms with Crippen LogP contribution in [0.15, 0.2) is 23.4 Å². The van der Waals surface area contributed by atoms with Crippen LogP contribution in [0.25, 0.3) is 0 Å². The molecule has 5 heteroatoms. The van der Waals surface area contributed by atoms with E-state index < -0.39 is 0 Å². The van der Waals surface area contributed by atoms with E-state index in [4.69, 9.17) is 21.0 Å². The largest absolute Gasteiger partial charge is 0.496 e. The fraction of sp³-hybridized carbons (Fsp3) is 0.417. The third-order valence-corrected chi connectivity index (χ3v) is 2.22. The summed E-state index contributed by atoms with van der Waals surface area (Å²) in [6, 6.07) is 5.64. The van der Waals surface area contributed by atoms with E-state index in [1.807, 2.05) is 25.1 Å². The van der Waals surface area contributed by atoms with Crippen molar-refractivity contribution in [2.24, 2.45) is 16.6 Å². The van der Waals surface area contributed by atoms with Crippen molar-refractivity contribution >= 4 is 5.84 Å². The summed E-state index contributed by atoms with van der Waals surface area (Å²) in [6.07, 6.45) is 0. The molecule has 0 fully saturated rings. The van der Waals surface area contributed by atoms with Gasteiger partial charge in [-0.25, -0.2) is 0 Å². The predicted octanol–water partition coefficient (Wildman–Crippen LogP) is 1.52. The molecule has 94 valence electrons. The molecule has 0 amide bonds. The number of hydrogen-bond donors (Lipinski definition) is 2. The molecule has 0 aliphatic heterocycles. The molecule has 0 aliphatic carbocycles. The molecule has 0 saturated carbocycles. The third kappa shape index (κ3) is 3.96. The van der Waals surface area contributed by atoms with Crippen LogP contribution in [0.5, 0.6) is 5.75 Å². The second-order valence-electron chi connectivity index (χ2n) is 3.87. The lowest BCUT2D eigenvalue weighted by molar-refractivity contribution is 0.130. The van der Waals surface area contributed by atoms with Crippen molar-refractivity contribution in [3.05, 3.63) is 29.3 Å². The van der Waals surface area contributed by atoms with E-state index in [1.54, 1.807) is 14.0 Å². The van der Waals surface area contributed by atoms with Gasteiger partial charge in [0.1, 0.15) is 18.2 Å². The highest BCUT2D eigenvalue weighted by Gasteiger charge is 2.08. The zero-order valence-corrected chi connectivity index (χ0v) is 10.4. The summed E-state index contributed by atoms with van der Waals surface area (Å²) in [5.74, 6) is 1.17. The van der Waals surface area contributed by atoms with Gasteiger partial charge in [-0.2, -0.15) is 0 Å². The van der Waals surface area contributed by atoms with Gasteiger partial charge >= 0.3 is 0 Å². The van der Waals surface area contributed by atoms with Gasteiger partial charge in [-0.1, -0.05) is 11.2 Å². The van der Waals surface area contributed by atoms with E-state index in [9.17, 15) is 0 Å². The first-order valence-electron chi connectivity index (χ1n) is 5.39. The van der Waals surface area contributed by atoms with Gasteiger partial charge in [0.05, 0.1) is 7.11 Å². The molecule has 1 atom stereocenters. The molecule has 0 spiro atoms. The number of ether oxygens (including phenoxy) is 1. The Hall–Kier alpha value is -1.75. The summed E-state index contributed by atoms with van der Waals surface area (Å²) in [5, 5.41) is 3.67. The van der Waals surface area contributed by atoms with E-state index in [2.05, 4.69) is 5.16 Å². The number of rotatable bonds is 5. The summed E-state index contributed by atoms with van der Waals surface area (Å²) in [5.41, 5.74) is 13.2. The van der Waals surface area contributed by atoms with E-state index in [1.165, 1.54) is 0 Å². The first-order valence-corrected chi connectivity index (χ1v) is 5.39. The van der Waals surface area contributed by atoms with Crippen molar-refractivity contribution in [1.82, 2.24) is 0 Å². The summed E-state index contributed by atoms with van der Waals surface area (Å²) >= 11 is 0. The highest BCUT2D eigenvalue weighted by Crippen LogP contribution is 2.25. The SMILES string of the molecule is COc1ccc(CO/N=C(/C)N)cc1C(C)N. The maximum Gasteiger partial charge on any atom is 0.142 e. The monoisotopic (exact) mass is 237 g/mol. The molecular weight excluding hydrogens is 218 g/mol. The summed E-state index contributed by atoms with van der Waals surface area (Å²) in [6.45, 7) is 3.93. The number of methoxy groups -OCH3 is 1. The standard InChI is InChI=1S/C12H19N3O2/c1-8(13)11-6-10(4-5-12(11)16-3)7-17-15-9(2)14/h4-6,8H,7,13H2,1-3H3,(H2,14,15). The summed E-state index contributed by atoms with van der Waals surface area (Å²) in [7, 11) is 1.62. The fourth-order valence-electron chi connectivity index (χ4n) is 1.44. The first kappa shape index (κ1) is 13.3. The van der Waals surface area contributed by atoms with Crippen LogP contribution in [0.3, 0.4) is 0 Å². The van der Waals surface area contributed by atoms with Crippen LogP contribution in [0.2, 0.25) is 0 Å². The van der Waals surface area contributed by atoms with Crippen molar-refractivity contribution in [1.29, 1.82) is 0 Å². The van der Waals surface area contributed by atoms with E-state index >= 15 is 0 Å². The maximum absolute atomic E-state index is 5.87. The summed E-state index contributed by atoms with van der Waals surface area (Å²) < 4.78 is 5.24. The highest BCUT2D eigenvalue weighted by molar-refractivity contribution is 5.76. The molecule has 0 heterocycles. The molecule has 0 radical (unpaired) electrons. The van der Waals surface area contributed by atoms with Gasteiger partial charge in [0.2, 0.25) is 0 Å². The van der Waals surface area contributed by atoms with Gasteiger partial charge < -0.3 is 21.0 Å². The molecule has 17 heavy (non-hydrogen) atoms. The lowest BCUT2D eigenvalue weighted by Crippen LogP contribution is -2.08. The molecule has 5 nitrogen and oxygen atoms in total. The van der Waals surface area contributed by atoms with Crippen LogP contribution >= 0.6 is 0 Å². The molecule has 0 aliphatic rings. The normalized spacial score (nSPS) is 13.3. The van der Waals surface area contributed by atoms with Crippen LogP contribution in [0.4, 0.5) is 0 Å². The minimum Gasteiger partial charge on any atom is -0.496 e. The zero-order chi connectivity index (χ0) is 12.8. The van der Waals surface area contributed by atoms with Gasteiger partial charge in [-0.15, -0.1) is 0 Å². The Morgan fingerprint density at radius 3 is 2.71 bits per heavy atom. The molecule has 0 aromatic heterocycles. The second kappa shape index (κ2) is 6.10. The number of nitrogens with zero attached hydrogens (tertiary/aromatic N) is 1. The Labute approximate surface area is 101 Å². The molecule has 4 N–H and O–H groups in total. The van der Waals surface area contributed by atoms with Gasteiger partial charge in [0, 0.05) is 11.6 Å². The Morgan fingerprint density at radius 2 is 2.18 bits per heavy atom. The minimum atomic E-state index is -0.0929. The molecule has 1 aromatic carbocycles. The average Bonchev–Trinajstić information content (AvgIpc) is 2.28. The summed E-state index contributed by atoms with van der Waals surface area (Å²) in [4.78, 5) is 5.07. The first-order chi connectivity index (χ1) is 8.04. The molecule has 0 bridgehead atoms. The fourth-order valence-corrected chi connectivity index (χ4v) is 1.44.